The molecule has 0 saturated heterocycles. The Morgan fingerprint density at radius 3 is 0.986 bits per heavy atom. The first-order valence-electron chi connectivity index (χ1n) is 28.3. The molecular formula is C67H102O5. The molecule has 0 saturated carbocycles. The predicted octanol–water partition coefficient (Wildman–Crippen LogP) is 19.8. The van der Waals surface area contributed by atoms with Crippen LogP contribution in [-0.4, -0.2) is 37.9 Å². The molecule has 0 aliphatic carbocycles. The second kappa shape index (κ2) is 60.3. The molecule has 0 radical (unpaired) electrons. The van der Waals surface area contributed by atoms with E-state index in [9.17, 15) is 9.59 Å². The molecule has 400 valence electrons. The van der Waals surface area contributed by atoms with Crippen LogP contribution in [-0.2, 0) is 23.8 Å². The summed E-state index contributed by atoms with van der Waals surface area (Å²) in [5.41, 5.74) is 0. The van der Waals surface area contributed by atoms with Crippen molar-refractivity contribution < 1.29 is 23.8 Å². The predicted molar refractivity (Wildman–Crippen MR) is 315 cm³/mol. The van der Waals surface area contributed by atoms with Crippen LogP contribution in [0.5, 0.6) is 0 Å². The first-order valence-corrected chi connectivity index (χ1v) is 28.3. The van der Waals surface area contributed by atoms with Crippen LogP contribution in [0.25, 0.3) is 0 Å². The first-order chi connectivity index (χ1) is 35.6. The topological polar surface area (TPSA) is 61.8 Å². The third kappa shape index (κ3) is 57.6. The molecule has 0 spiro atoms. The highest BCUT2D eigenvalue weighted by Gasteiger charge is 2.17. The summed E-state index contributed by atoms with van der Waals surface area (Å²) in [6.07, 6.45) is 92.1. The maximum Gasteiger partial charge on any atom is 0.306 e. The molecule has 0 N–H and O–H groups in total. The average molecular weight is 988 g/mol. The number of unbranched alkanes of at least 4 members (excludes halogenated alkanes) is 8. The van der Waals surface area contributed by atoms with Gasteiger partial charge in [0.05, 0.1) is 6.61 Å². The number of esters is 2. The molecule has 0 fully saturated rings. The van der Waals surface area contributed by atoms with E-state index in [1.165, 1.54) is 19.3 Å². The van der Waals surface area contributed by atoms with E-state index in [1.54, 1.807) is 0 Å². The van der Waals surface area contributed by atoms with E-state index >= 15 is 0 Å². The molecule has 5 heteroatoms. The zero-order valence-electron chi connectivity index (χ0n) is 45.9. The van der Waals surface area contributed by atoms with E-state index < -0.39 is 6.10 Å². The van der Waals surface area contributed by atoms with E-state index in [-0.39, 0.29) is 31.6 Å². The van der Waals surface area contributed by atoms with Crippen molar-refractivity contribution in [3.8, 4) is 0 Å². The zero-order chi connectivity index (χ0) is 52.0. The minimum absolute atomic E-state index is 0.00758. The van der Waals surface area contributed by atoms with Gasteiger partial charge in [-0.15, -0.1) is 0 Å². The van der Waals surface area contributed by atoms with Gasteiger partial charge in [0.15, 0.2) is 6.10 Å². The third-order valence-corrected chi connectivity index (χ3v) is 10.9. The van der Waals surface area contributed by atoms with Crippen molar-refractivity contribution in [2.75, 3.05) is 19.8 Å². The van der Waals surface area contributed by atoms with Gasteiger partial charge in [-0.25, -0.2) is 0 Å². The van der Waals surface area contributed by atoms with Gasteiger partial charge < -0.3 is 14.2 Å². The maximum absolute atomic E-state index is 12.9. The molecule has 0 aromatic carbocycles. The van der Waals surface area contributed by atoms with Gasteiger partial charge in [0.1, 0.15) is 6.61 Å². The molecule has 0 heterocycles. The van der Waals surface area contributed by atoms with Crippen LogP contribution in [0, 0.1) is 0 Å². The molecule has 1 atom stereocenters. The minimum atomic E-state index is -0.614. The number of carbonyl (C=O) groups excluding carboxylic acids is 2. The summed E-state index contributed by atoms with van der Waals surface area (Å²) in [5, 5.41) is 0. The normalized spacial score (nSPS) is 13.7. The van der Waals surface area contributed by atoms with Crippen LogP contribution in [0.1, 0.15) is 201 Å². The summed E-state index contributed by atoms with van der Waals surface area (Å²) >= 11 is 0. The lowest BCUT2D eigenvalue weighted by molar-refractivity contribution is -0.162. The van der Waals surface area contributed by atoms with Crippen molar-refractivity contribution in [2.45, 2.75) is 207 Å². The van der Waals surface area contributed by atoms with Crippen LogP contribution in [0.3, 0.4) is 0 Å². The fourth-order valence-corrected chi connectivity index (χ4v) is 6.85. The van der Waals surface area contributed by atoms with E-state index in [4.69, 9.17) is 14.2 Å². The van der Waals surface area contributed by atoms with E-state index in [0.29, 0.717) is 19.4 Å². The molecule has 0 amide bonds. The summed E-state index contributed by atoms with van der Waals surface area (Å²) in [6.45, 7) is 7.26. The Morgan fingerprint density at radius 1 is 0.306 bits per heavy atom. The molecule has 0 aliphatic heterocycles. The van der Waals surface area contributed by atoms with Gasteiger partial charge in [-0.1, -0.05) is 229 Å². The van der Waals surface area contributed by atoms with Crippen molar-refractivity contribution in [2.24, 2.45) is 0 Å². The van der Waals surface area contributed by atoms with Gasteiger partial charge in [0, 0.05) is 19.4 Å². The van der Waals surface area contributed by atoms with Crippen molar-refractivity contribution in [3.05, 3.63) is 182 Å². The number of carbonyl (C=O) groups is 2. The Labute approximate surface area is 442 Å². The van der Waals surface area contributed by atoms with E-state index in [2.05, 4.69) is 197 Å². The largest absolute Gasteiger partial charge is 0.462 e. The monoisotopic (exact) mass is 987 g/mol. The van der Waals surface area contributed by atoms with Crippen LogP contribution in [0.2, 0.25) is 0 Å². The summed E-state index contributed by atoms with van der Waals surface area (Å²) in [5.74, 6) is -0.551. The zero-order valence-corrected chi connectivity index (χ0v) is 45.9. The Balaban J connectivity index is 4.55. The molecule has 5 nitrogen and oxygen atoms in total. The van der Waals surface area contributed by atoms with Gasteiger partial charge in [-0.2, -0.15) is 0 Å². The van der Waals surface area contributed by atoms with E-state index in [0.717, 1.165) is 141 Å². The first kappa shape index (κ1) is 67.0. The highest BCUT2D eigenvalue weighted by molar-refractivity contribution is 5.70. The Bertz CT molecular complexity index is 1680. The molecule has 0 bridgehead atoms. The standard InChI is InChI=1S/C67H102O5/c1-4-7-10-13-16-19-22-25-28-31-34-36-39-42-45-48-51-54-57-60-66(68)71-64-65(63-70-62-59-56-53-50-47-44-41-38-33-30-27-24-21-18-15-12-9-6-3)72-67(69)61-58-55-52-49-46-43-40-37-35-32-29-26-23-20-17-14-11-8-5-2/h7-12,16-21,25-30,34-38,41-42,45,47,50-51,54,65H,4-6,13-15,22-24,31-33,39-40,43-44,46,48-49,52-53,55-64H2,1-3H3/b10-7-,11-8-,12-9-,19-16-,20-17-,21-18-,28-25-,29-26-,30-27-,36-34-,37-35-,41-38-,45-42-,50-47-,54-51-. The van der Waals surface area contributed by atoms with E-state index in [1.807, 2.05) is 6.08 Å². The highest BCUT2D eigenvalue weighted by atomic mass is 16.6. The quantitative estimate of drug-likeness (QED) is 0.0345. The lowest BCUT2D eigenvalue weighted by Gasteiger charge is -2.18. The summed E-state index contributed by atoms with van der Waals surface area (Å²) < 4.78 is 17.3. The van der Waals surface area contributed by atoms with Crippen LogP contribution in [0.15, 0.2) is 182 Å². The van der Waals surface area contributed by atoms with Gasteiger partial charge in [-0.05, 0) is 141 Å². The Kier molecular flexibility index (Phi) is 56.1. The Hall–Kier alpha value is -5.00. The lowest BCUT2D eigenvalue weighted by atomic mass is 10.1. The summed E-state index contributed by atoms with van der Waals surface area (Å²) in [7, 11) is 0. The number of rotatable bonds is 49. The van der Waals surface area contributed by atoms with Gasteiger partial charge in [-0.3, -0.25) is 9.59 Å². The number of hydrogen-bond acceptors (Lipinski definition) is 5. The molecule has 0 rings (SSSR count). The Morgan fingerprint density at radius 2 is 0.611 bits per heavy atom. The molecular weight excluding hydrogens is 885 g/mol. The molecule has 0 aromatic rings. The summed E-state index contributed by atoms with van der Waals surface area (Å²) in [6, 6.07) is 0. The second-order valence-corrected chi connectivity index (χ2v) is 17.7. The molecule has 1 unspecified atom stereocenters. The number of allylic oxidation sites excluding steroid dienone is 30. The maximum atomic E-state index is 12.9. The van der Waals surface area contributed by atoms with Crippen LogP contribution in [0.4, 0.5) is 0 Å². The molecule has 72 heavy (non-hydrogen) atoms. The van der Waals surface area contributed by atoms with Crippen LogP contribution < -0.4 is 0 Å². The van der Waals surface area contributed by atoms with Crippen LogP contribution >= 0.6 is 0 Å². The number of ether oxygens (including phenoxy) is 3. The van der Waals surface area contributed by atoms with Gasteiger partial charge >= 0.3 is 11.9 Å². The lowest BCUT2D eigenvalue weighted by Crippen LogP contribution is -2.30. The highest BCUT2D eigenvalue weighted by Crippen LogP contribution is 2.12. The van der Waals surface area contributed by atoms with Crippen molar-refractivity contribution in [3.63, 3.8) is 0 Å². The SMILES string of the molecule is CC/C=C\C/C=C\C/C=C\C/C=C\C/C=C\C/C=C\CCC(=O)OCC(COCCCC/C=C\C/C=C\C/C=C\C/C=C\C/C=C\CC)OC(=O)CCCCCCCC/C=C\C/C=C\C/C=C\C/C=C\CC. The van der Waals surface area contributed by atoms with Crippen molar-refractivity contribution >= 4 is 11.9 Å². The van der Waals surface area contributed by atoms with Gasteiger partial charge in [0.25, 0.3) is 0 Å². The molecule has 0 aromatic heterocycles. The fraction of sp³-hybridized carbons (Fsp3) is 0.522. The molecule has 0 aliphatic rings. The minimum Gasteiger partial charge on any atom is -0.462 e. The average Bonchev–Trinajstić information content (AvgIpc) is 3.38. The van der Waals surface area contributed by atoms with Crippen molar-refractivity contribution in [1.29, 1.82) is 0 Å². The second-order valence-electron chi connectivity index (χ2n) is 17.7. The summed E-state index contributed by atoms with van der Waals surface area (Å²) in [4.78, 5) is 25.5. The van der Waals surface area contributed by atoms with Crippen molar-refractivity contribution in [1.82, 2.24) is 0 Å². The third-order valence-electron chi connectivity index (χ3n) is 10.9. The smallest absolute Gasteiger partial charge is 0.306 e. The number of hydrogen-bond donors (Lipinski definition) is 0. The fourth-order valence-electron chi connectivity index (χ4n) is 6.85. The van der Waals surface area contributed by atoms with Gasteiger partial charge in [0.2, 0.25) is 0 Å².